The summed E-state index contributed by atoms with van der Waals surface area (Å²) < 4.78 is 10.3. The Labute approximate surface area is 81.5 Å². The second kappa shape index (κ2) is 3.49. The smallest absolute Gasteiger partial charge is 0.276 e. The summed E-state index contributed by atoms with van der Waals surface area (Å²) in [5.41, 5.74) is 0.796. The van der Waals surface area contributed by atoms with E-state index >= 15 is 0 Å². The van der Waals surface area contributed by atoms with E-state index in [1.54, 1.807) is 14.2 Å². The van der Waals surface area contributed by atoms with E-state index in [-0.39, 0.29) is 0 Å². The molecule has 0 aliphatic rings. The summed E-state index contributed by atoms with van der Waals surface area (Å²) in [6, 6.07) is 7.63. The summed E-state index contributed by atoms with van der Waals surface area (Å²) in [6.07, 6.45) is 0. The van der Waals surface area contributed by atoms with Gasteiger partial charge in [0.1, 0.15) is 0 Å². The SMILES string of the molecule is COc1nnc2ccccc2c1OC. The first kappa shape index (κ1) is 8.74. The molecule has 0 aliphatic carbocycles. The van der Waals surface area contributed by atoms with Gasteiger partial charge in [-0.05, 0) is 12.1 Å². The molecule has 2 aromatic rings. The molecule has 0 radical (unpaired) electrons. The number of nitrogens with zero attached hydrogens (tertiary/aromatic N) is 2. The average molecular weight is 190 g/mol. The Morgan fingerprint density at radius 2 is 1.79 bits per heavy atom. The van der Waals surface area contributed by atoms with Crippen molar-refractivity contribution >= 4 is 10.9 Å². The van der Waals surface area contributed by atoms with Crippen molar-refractivity contribution in [2.75, 3.05) is 14.2 Å². The molecule has 0 N–H and O–H groups in total. The van der Waals surface area contributed by atoms with Gasteiger partial charge in [0.15, 0.2) is 5.75 Å². The zero-order chi connectivity index (χ0) is 9.97. The molecule has 0 atom stereocenters. The molecular formula is C10H10N2O2. The van der Waals surface area contributed by atoms with Gasteiger partial charge < -0.3 is 9.47 Å². The summed E-state index contributed by atoms with van der Waals surface area (Å²) in [7, 11) is 3.13. The lowest BCUT2D eigenvalue weighted by Gasteiger charge is -2.07. The van der Waals surface area contributed by atoms with Gasteiger partial charge in [0.25, 0.3) is 5.88 Å². The minimum atomic E-state index is 0.409. The van der Waals surface area contributed by atoms with Gasteiger partial charge in [0, 0.05) is 5.39 Å². The minimum absolute atomic E-state index is 0.409. The molecule has 1 aromatic heterocycles. The van der Waals surface area contributed by atoms with E-state index in [1.807, 2.05) is 24.3 Å². The highest BCUT2D eigenvalue weighted by Gasteiger charge is 2.10. The Morgan fingerprint density at radius 1 is 1.00 bits per heavy atom. The van der Waals surface area contributed by atoms with Crippen LogP contribution in [0.15, 0.2) is 24.3 Å². The molecule has 14 heavy (non-hydrogen) atoms. The van der Waals surface area contributed by atoms with E-state index in [1.165, 1.54) is 0 Å². The molecule has 0 fully saturated rings. The highest BCUT2D eigenvalue weighted by atomic mass is 16.5. The van der Waals surface area contributed by atoms with Gasteiger partial charge in [-0.25, -0.2) is 0 Å². The van der Waals surface area contributed by atoms with E-state index in [2.05, 4.69) is 10.2 Å². The fraction of sp³-hybridized carbons (Fsp3) is 0.200. The number of hydrogen-bond donors (Lipinski definition) is 0. The highest BCUT2D eigenvalue weighted by molar-refractivity contribution is 5.86. The molecule has 0 bridgehead atoms. The molecule has 0 unspecified atom stereocenters. The standard InChI is InChI=1S/C10H10N2O2/c1-13-9-7-5-3-4-6-8(7)11-12-10(9)14-2/h3-6H,1-2H3. The van der Waals surface area contributed by atoms with Gasteiger partial charge in [-0.1, -0.05) is 12.1 Å². The van der Waals surface area contributed by atoms with Crippen molar-refractivity contribution in [1.29, 1.82) is 0 Å². The highest BCUT2D eigenvalue weighted by Crippen LogP contribution is 2.31. The fourth-order valence-corrected chi connectivity index (χ4v) is 1.34. The third kappa shape index (κ3) is 1.25. The van der Waals surface area contributed by atoms with Crippen LogP contribution in [0.4, 0.5) is 0 Å². The van der Waals surface area contributed by atoms with Crippen molar-refractivity contribution in [2.45, 2.75) is 0 Å². The Balaban J connectivity index is 2.77. The number of hydrogen-bond acceptors (Lipinski definition) is 4. The van der Waals surface area contributed by atoms with E-state index in [0.717, 1.165) is 10.9 Å². The first-order chi connectivity index (χ1) is 6.86. The van der Waals surface area contributed by atoms with Gasteiger partial charge in [0.2, 0.25) is 0 Å². The lowest BCUT2D eigenvalue weighted by molar-refractivity contribution is 0.342. The average Bonchev–Trinajstić information content (AvgIpc) is 2.27. The van der Waals surface area contributed by atoms with E-state index in [9.17, 15) is 0 Å². The van der Waals surface area contributed by atoms with E-state index in [4.69, 9.17) is 9.47 Å². The second-order valence-electron chi connectivity index (χ2n) is 2.76. The molecular weight excluding hydrogens is 180 g/mol. The molecule has 1 aromatic carbocycles. The lowest BCUT2D eigenvalue weighted by Crippen LogP contribution is -1.96. The van der Waals surface area contributed by atoms with Gasteiger partial charge in [-0.3, -0.25) is 0 Å². The zero-order valence-electron chi connectivity index (χ0n) is 8.02. The number of rotatable bonds is 2. The van der Waals surface area contributed by atoms with Crippen molar-refractivity contribution in [3.63, 3.8) is 0 Å². The minimum Gasteiger partial charge on any atom is -0.491 e. The molecule has 0 amide bonds. The summed E-state index contributed by atoms with van der Waals surface area (Å²) in [4.78, 5) is 0. The summed E-state index contributed by atoms with van der Waals surface area (Å²) in [5.74, 6) is 1.03. The third-order valence-electron chi connectivity index (χ3n) is 1.99. The number of benzene rings is 1. The summed E-state index contributed by atoms with van der Waals surface area (Å²) in [5, 5.41) is 8.81. The predicted octanol–water partition coefficient (Wildman–Crippen LogP) is 1.65. The Hall–Kier alpha value is -1.84. The lowest BCUT2D eigenvalue weighted by atomic mass is 10.2. The molecule has 0 aliphatic heterocycles. The van der Waals surface area contributed by atoms with Crippen molar-refractivity contribution in [1.82, 2.24) is 10.2 Å². The van der Waals surface area contributed by atoms with Gasteiger partial charge >= 0.3 is 0 Å². The Bertz CT molecular complexity index is 457. The van der Waals surface area contributed by atoms with Crippen LogP contribution in [0.3, 0.4) is 0 Å². The molecule has 72 valence electrons. The molecule has 4 nitrogen and oxygen atoms in total. The maximum Gasteiger partial charge on any atom is 0.276 e. The summed E-state index contributed by atoms with van der Waals surface area (Å²) in [6.45, 7) is 0. The van der Waals surface area contributed by atoms with Crippen LogP contribution in [0.1, 0.15) is 0 Å². The van der Waals surface area contributed by atoms with Crippen molar-refractivity contribution in [3.8, 4) is 11.6 Å². The van der Waals surface area contributed by atoms with Crippen LogP contribution in [0, 0.1) is 0 Å². The number of methoxy groups -OCH3 is 2. The predicted molar refractivity (Wildman–Crippen MR) is 52.6 cm³/mol. The zero-order valence-corrected chi connectivity index (χ0v) is 8.02. The Kier molecular flexibility index (Phi) is 2.18. The molecule has 0 saturated carbocycles. The summed E-state index contributed by atoms with van der Waals surface area (Å²) >= 11 is 0. The van der Waals surface area contributed by atoms with Gasteiger partial charge in [-0.2, -0.15) is 0 Å². The van der Waals surface area contributed by atoms with Crippen LogP contribution in [0.25, 0.3) is 10.9 Å². The number of aromatic nitrogens is 2. The topological polar surface area (TPSA) is 44.2 Å². The molecule has 0 saturated heterocycles. The molecule has 0 spiro atoms. The van der Waals surface area contributed by atoms with Crippen LogP contribution in [-0.2, 0) is 0 Å². The first-order valence-corrected chi connectivity index (χ1v) is 4.20. The second-order valence-corrected chi connectivity index (χ2v) is 2.76. The number of ether oxygens (including phenoxy) is 2. The van der Waals surface area contributed by atoms with Crippen molar-refractivity contribution in [3.05, 3.63) is 24.3 Å². The van der Waals surface area contributed by atoms with E-state index in [0.29, 0.717) is 11.6 Å². The maximum atomic E-state index is 5.22. The monoisotopic (exact) mass is 190 g/mol. The van der Waals surface area contributed by atoms with Crippen LogP contribution in [0.2, 0.25) is 0 Å². The first-order valence-electron chi connectivity index (χ1n) is 4.20. The molecule has 2 rings (SSSR count). The van der Waals surface area contributed by atoms with Crippen LogP contribution < -0.4 is 9.47 Å². The van der Waals surface area contributed by atoms with E-state index < -0.39 is 0 Å². The normalized spacial score (nSPS) is 10.1. The fourth-order valence-electron chi connectivity index (χ4n) is 1.34. The Morgan fingerprint density at radius 3 is 2.50 bits per heavy atom. The van der Waals surface area contributed by atoms with Crippen LogP contribution >= 0.6 is 0 Å². The van der Waals surface area contributed by atoms with Crippen molar-refractivity contribution in [2.24, 2.45) is 0 Å². The molecule has 4 heteroatoms. The largest absolute Gasteiger partial charge is 0.491 e. The van der Waals surface area contributed by atoms with Crippen LogP contribution in [-0.4, -0.2) is 24.4 Å². The van der Waals surface area contributed by atoms with Gasteiger partial charge in [0.05, 0.1) is 19.7 Å². The number of fused-ring (bicyclic) bond motifs is 1. The third-order valence-corrected chi connectivity index (χ3v) is 1.99. The van der Waals surface area contributed by atoms with Gasteiger partial charge in [-0.15, -0.1) is 10.2 Å². The maximum absolute atomic E-state index is 5.22. The quantitative estimate of drug-likeness (QED) is 0.722. The molecule has 1 heterocycles. The van der Waals surface area contributed by atoms with Crippen molar-refractivity contribution < 1.29 is 9.47 Å². The van der Waals surface area contributed by atoms with Crippen LogP contribution in [0.5, 0.6) is 11.6 Å².